The minimum Gasteiger partial charge on any atom is -0.345 e. The highest BCUT2D eigenvalue weighted by molar-refractivity contribution is 7.59. The van der Waals surface area contributed by atoms with Crippen molar-refractivity contribution in [1.29, 1.82) is 5.26 Å². The lowest BCUT2D eigenvalue weighted by Gasteiger charge is -2.13. The first kappa shape index (κ1) is 18.4. The first-order valence-electron chi connectivity index (χ1n) is 6.70. The van der Waals surface area contributed by atoms with Gasteiger partial charge in [0.25, 0.3) is 5.91 Å². The van der Waals surface area contributed by atoms with Crippen molar-refractivity contribution < 1.29 is 9.18 Å². The molecule has 0 saturated heterocycles. The lowest BCUT2D eigenvalue weighted by molar-refractivity contribution is -0.117. The number of amides is 1. The molecule has 0 aliphatic rings. The summed E-state index contributed by atoms with van der Waals surface area (Å²) >= 11 is 0. The second kappa shape index (κ2) is 8.71. The molecular formula is C17H16FN3OS. The number of aromatic nitrogens is 1. The normalized spacial score (nSPS) is 11.8. The average molecular weight is 329 g/mol. The molecule has 1 aromatic heterocycles. The van der Waals surface area contributed by atoms with Crippen LogP contribution >= 0.6 is 13.5 Å². The van der Waals surface area contributed by atoms with E-state index in [-0.39, 0.29) is 30.7 Å². The molecule has 0 bridgehead atoms. The maximum Gasteiger partial charge on any atom is 0.262 e. The number of carbonyl (C=O) groups excluding carboxylic acids is 1. The topological polar surface area (TPSA) is 65.8 Å². The zero-order chi connectivity index (χ0) is 15.9. The Morgan fingerprint density at radius 1 is 1.30 bits per heavy atom. The van der Waals surface area contributed by atoms with E-state index in [4.69, 9.17) is 5.26 Å². The third-order valence-corrected chi connectivity index (χ3v) is 3.10. The van der Waals surface area contributed by atoms with Gasteiger partial charge < -0.3 is 5.32 Å². The van der Waals surface area contributed by atoms with Crippen LogP contribution in [-0.4, -0.2) is 10.9 Å². The molecule has 2 rings (SSSR count). The van der Waals surface area contributed by atoms with Gasteiger partial charge in [-0.25, -0.2) is 4.98 Å². The molecule has 0 aliphatic heterocycles. The second-order valence-electron chi connectivity index (χ2n) is 4.66. The summed E-state index contributed by atoms with van der Waals surface area (Å²) in [7, 11) is 0. The van der Waals surface area contributed by atoms with Gasteiger partial charge in [-0.05, 0) is 30.7 Å². The Kier molecular flexibility index (Phi) is 6.97. The quantitative estimate of drug-likeness (QED) is 0.532. The molecule has 0 fully saturated rings. The Bertz CT molecular complexity index is 741. The van der Waals surface area contributed by atoms with Crippen LogP contribution in [0.2, 0.25) is 0 Å². The van der Waals surface area contributed by atoms with Crippen LogP contribution in [-0.2, 0) is 4.79 Å². The van der Waals surface area contributed by atoms with E-state index >= 15 is 0 Å². The SMILES string of the molecule is C[C@H](NC(=O)/C(C#N)=C/c1cccnc1F)c1ccccc1.S. The van der Waals surface area contributed by atoms with Gasteiger partial charge in [-0.15, -0.1) is 0 Å². The Labute approximate surface area is 141 Å². The fourth-order valence-electron chi connectivity index (χ4n) is 1.91. The van der Waals surface area contributed by atoms with Gasteiger partial charge in [0.15, 0.2) is 0 Å². The first-order valence-corrected chi connectivity index (χ1v) is 6.70. The molecule has 1 aromatic carbocycles. The first-order chi connectivity index (χ1) is 10.6. The van der Waals surface area contributed by atoms with Crippen molar-refractivity contribution in [2.24, 2.45) is 0 Å². The number of carbonyl (C=O) groups is 1. The van der Waals surface area contributed by atoms with Crippen molar-refractivity contribution in [3.8, 4) is 6.07 Å². The van der Waals surface area contributed by atoms with E-state index in [2.05, 4.69) is 10.3 Å². The van der Waals surface area contributed by atoms with Crippen LogP contribution in [0.4, 0.5) is 4.39 Å². The summed E-state index contributed by atoms with van der Waals surface area (Å²) in [5, 5.41) is 11.8. The highest BCUT2D eigenvalue weighted by Gasteiger charge is 2.14. The van der Waals surface area contributed by atoms with E-state index in [1.54, 1.807) is 6.07 Å². The summed E-state index contributed by atoms with van der Waals surface area (Å²) in [4.78, 5) is 15.6. The molecule has 0 aliphatic carbocycles. The summed E-state index contributed by atoms with van der Waals surface area (Å²) in [6, 6.07) is 13.9. The van der Waals surface area contributed by atoms with Gasteiger partial charge in [0.1, 0.15) is 11.6 Å². The van der Waals surface area contributed by atoms with Crippen LogP contribution in [0, 0.1) is 17.3 Å². The Balaban J connectivity index is 0.00000264. The number of rotatable bonds is 4. The van der Waals surface area contributed by atoms with E-state index in [9.17, 15) is 9.18 Å². The predicted molar refractivity (Wildman–Crippen MR) is 91.2 cm³/mol. The summed E-state index contributed by atoms with van der Waals surface area (Å²) in [5.74, 6) is -1.28. The van der Waals surface area contributed by atoms with Gasteiger partial charge >= 0.3 is 0 Å². The van der Waals surface area contributed by atoms with Gasteiger partial charge in [0.05, 0.1) is 6.04 Å². The number of pyridine rings is 1. The molecule has 1 atom stereocenters. The van der Waals surface area contributed by atoms with Gasteiger partial charge in [0, 0.05) is 11.8 Å². The number of nitrogens with zero attached hydrogens (tertiary/aromatic N) is 2. The van der Waals surface area contributed by atoms with Gasteiger partial charge in [-0.2, -0.15) is 23.1 Å². The monoisotopic (exact) mass is 329 g/mol. The standard InChI is InChI=1S/C17H14FN3O.H2S/c1-12(13-6-3-2-4-7-13)21-17(22)15(11-19)10-14-8-5-9-20-16(14)18;/h2-10,12H,1H3,(H,21,22);1H2/b15-10+;/t12-;/m0./s1. The fraction of sp³-hybridized carbons (Fsp3) is 0.118. The highest BCUT2D eigenvalue weighted by atomic mass is 32.1. The molecule has 1 amide bonds. The minimum atomic E-state index is -0.723. The molecule has 0 radical (unpaired) electrons. The average Bonchev–Trinajstić information content (AvgIpc) is 2.54. The number of halogens is 1. The van der Waals surface area contributed by atoms with Crippen molar-refractivity contribution in [3.63, 3.8) is 0 Å². The summed E-state index contributed by atoms with van der Waals surface area (Å²) < 4.78 is 13.5. The van der Waals surface area contributed by atoms with Crippen LogP contribution in [0.25, 0.3) is 6.08 Å². The smallest absolute Gasteiger partial charge is 0.262 e. The number of hydrogen-bond acceptors (Lipinski definition) is 3. The Morgan fingerprint density at radius 3 is 2.61 bits per heavy atom. The van der Waals surface area contributed by atoms with Crippen LogP contribution < -0.4 is 5.32 Å². The summed E-state index contributed by atoms with van der Waals surface area (Å²) in [6.45, 7) is 1.81. The third kappa shape index (κ3) is 4.94. The third-order valence-electron chi connectivity index (χ3n) is 3.10. The molecule has 118 valence electrons. The zero-order valence-corrected chi connectivity index (χ0v) is 13.5. The molecule has 0 saturated carbocycles. The lowest BCUT2D eigenvalue weighted by Crippen LogP contribution is -2.27. The van der Waals surface area contributed by atoms with E-state index in [0.717, 1.165) is 5.56 Å². The van der Waals surface area contributed by atoms with Crippen LogP contribution in [0.5, 0.6) is 0 Å². The Hall–Kier alpha value is -2.65. The summed E-state index contributed by atoms with van der Waals surface area (Å²) in [5.41, 5.74) is 0.844. The molecule has 6 heteroatoms. The van der Waals surface area contributed by atoms with Gasteiger partial charge in [0.2, 0.25) is 5.95 Å². The van der Waals surface area contributed by atoms with Gasteiger partial charge in [-0.3, -0.25) is 4.79 Å². The predicted octanol–water partition coefficient (Wildman–Crippen LogP) is 3.12. The van der Waals surface area contributed by atoms with Crippen LogP contribution in [0.15, 0.2) is 54.2 Å². The maximum absolute atomic E-state index is 13.5. The molecule has 0 unspecified atom stereocenters. The lowest BCUT2D eigenvalue weighted by atomic mass is 10.1. The van der Waals surface area contributed by atoms with Gasteiger partial charge in [-0.1, -0.05) is 30.3 Å². The van der Waals surface area contributed by atoms with Crippen LogP contribution in [0.1, 0.15) is 24.1 Å². The van der Waals surface area contributed by atoms with Crippen molar-refractivity contribution in [2.45, 2.75) is 13.0 Å². The number of hydrogen-bond donors (Lipinski definition) is 1. The summed E-state index contributed by atoms with van der Waals surface area (Å²) in [6.07, 6.45) is 2.49. The second-order valence-corrected chi connectivity index (χ2v) is 4.66. The van der Waals surface area contributed by atoms with E-state index < -0.39 is 11.9 Å². The van der Waals surface area contributed by atoms with Crippen molar-refractivity contribution in [1.82, 2.24) is 10.3 Å². The number of benzene rings is 1. The highest BCUT2D eigenvalue weighted by Crippen LogP contribution is 2.14. The zero-order valence-electron chi connectivity index (χ0n) is 12.5. The molecule has 1 N–H and O–H groups in total. The van der Waals surface area contributed by atoms with Crippen molar-refractivity contribution >= 4 is 25.5 Å². The van der Waals surface area contributed by atoms with E-state index in [1.807, 2.05) is 37.3 Å². The minimum absolute atomic E-state index is 0. The number of nitrogens with one attached hydrogen (secondary N) is 1. The molecule has 2 aromatic rings. The van der Waals surface area contributed by atoms with E-state index in [1.165, 1.54) is 24.4 Å². The maximum atomic E-state index is 13.5. The molecule has 0 spiro atoms. The fourth-order valence-corrected chi connectivity index (χ4v) is 1.91. The molecule has 23 heavy (non-hydrogen) atoms. The Morgan fingerprint density at radius 2 is 2.00 bits per heavy atom. The van der Waals surface area contributed by atoms with Crippen LogP contribution in [0.3, 0.4) is 0 Å². The van der Waals surface area contributed by atoms with Crippen molar-refractivity contribution in [3.05, 3.63) is 71.3 Å². The molecule has 1 heterocycles. The largest absolute Gasteiger partial charge is 0.345 e. The number of nitriles is 1. The molecule has 4 nitrogen and oxygen atoms in total. The molecular weight excluding hydrogens is 313 g/mol. The van der Waals surface area contributed by atoms with E-state index in [0.29, 0.717) is 0 Å². The van der Waals surface area contributed by atoms with Crippen molar-refractivity contribution in [2.75, 3.05) is 0 Å².